The fourth-order valence-electron chi connectivity index (χ4n) is 1.14. The van der Waals surface area contributed by atoms with Gasteiger partial charge in [0.2, 0.25) is 0 Å². The lowest BCUT2D eigenvalue weighted by molar-refractivity contribution is -0.140. The topological polar surface area (TPSA) is 92.7 Å². The molecule has 0 unspecified atom stereocenters. The van der Waals surface area contributed by atoms with Gasteiger partial charge in [0.25, 0.3) is 0 Å². The van der Waals surface area contributed by atoms with Gasteiger partial charge >= 0.3 is 12.1 Å². The van der Waals surface area contributed by atoms with Crippen LogP contribution in [0.25, 0.3) is 0 Å². The first-order valence-electron chi connectivity index (χ1n) is 5.33. The number of hydrogen-bond acceptors (Lipinski definition) is 4. The molecule has 0 saturated carbocycles. The third-order valence-electron chi connectivity index (χ3n) is 1.65. The van der Waals surface area contributed by atoms with E-state index < -0.39 is 35.9 Å². The first-order valence-corrected chi connectivity index (χ1v) is 5.33. The van der Waals surface area contributed by atoms with Crippen molar-refractivity contribution in [2.24, 2.45) is 0 Å². The minimum Gasteiger partial charge on any atom is -0.481 e. The van der Waals surface area contributed by atoms with E-state index in [9.17, 15) is 14.4 Å². The van der Waals surface area contributed by atoms with Crippen molar-refractivity contribution >= 4 is 17.8 Å². The van der Waals surface area contributed by atoms with Gasteiger partial charge in [-0.25, -0.2) is 4.79 Å². The second-order valence-corrected chi connectivity index (χ2v) is 4.86. The maximum Gasteiger partial charge on any atom is 0.407 e. The van der Waals surface area contributed by atoms with Crippen LogP contribution in [-0.2, 0) is 14.3 Å². The molecule has 0 aromatic rings. The van der Waals surface area contributed by atoms with Gasteiger partial charge in [-0.3, -0.25) is 9.59 Å². The Bertz CT molecular complexity index is 305. The number of carbonyl (C=O) groups is 3. The number of ketones is 1. The number of hydrogen-bond donors (Lipinski definition) is 2. The van der Waals surface area contributed by atoms with Crippen LogP contribution in [0, 0.1) is 0 Å². The smallest absolute Gasteiger partial charge is 0.407 e. The van der Waals surface area contributed by atoms with Crippen molar-refractivity contribution in [1.29, 1.82) is 0 Å². The summed E-state index contributed by atoms with van der Waals surface area (Å²) in [5.41, 5.74) is -0.602. The molecule has 0 bridgehead atoms. The number of carboxylic acid groups (broad SMARTS) is 1. The van der Waals surface area contributed by atoms with Gasteiger partial charge in [-0.2, -0.15) is 0 Å². The lowest BCUT2D eigenvalue weighted by Gasteiger charge is -2.21. The maximum absolute atomic E-state index is 11.3. The highest BCUT2D eigenvalue weighted by molar-refractivity contribution is 5.95. The number of ether oxygens (including phenoxy) is 1. The Morgan fingerprint density at radius 2 is 1.82 bits per heavy atom. The summed E-state index contributed by atoms with van der Waals surface area (Å²) in [6, 6.07) is -0.448. The molecule has 0 rings (SSSR count). The van der Waals surface area contributed by atoms with Gasteiger partial charge in [0.1, 0.15) is 17.8 Å². The summed E-state index contributed by atoms with van der Waals surface area (Å²) in [6.45, 7) is 6.80. The Morgan fingerprint density at radius 3 is 2.24 bits per heavy atom. The number of nitrogens with one attached hydrogen (secondary N) is 1. The van der Waals surface area contributed by atoms with E-state index in [0.717, 1.165) is 0 Å². The lowest BCUT2D eigenvalue weighted by atomic mass is 10.1. The molecular weight excluding hydrogens is 226 g/mol. The van der Waals surface area contributed by atoms with Crippen molar-refractivity contribution in [2.45, 2.75) is 52.2 Å². The summed E-state index contributed by atoms with van der Waals surface area (Å²) < 4.78 is 4.99. The van der Waals surface area contributed by atoms with Crippen LogP contribution in [0.2, 0.25) is 0 Å². The molecule has 0 aliphatic rings. The molecule has 0 aromatic heterocycles. The van der Waals surface area contributed by atoms with Crippen LogP contribution in [0.3, 0.4) is 0 Å². The van der Waals surface area contributed by atoms with Crippen LogP contribution < -0.4 is 5.32 Å². The van der Waals surface area contributed by atoms with Gasteiger partial charge < -0.3 is 15.2 Å². The van der Waals surface area contributed by atoms with Crippen molar-refractivity contribution in [3.63, 3.8) is 0 Å². The van der Waals surface area contributed by atoms with Crippen molar-refractivity contribution in [3.8, 4) is 0 Å². The maximum atomic E-state index is 11.3. The third-order valence-corrected chi connectivity index (χ3v) is 1.65. The summed E-state index contributed by atoms with van der Waals surface area (Å²) in [5, 5.41) is 10.9. The zero-order chi connectivity index (χ0) is 13.6. The van der Waals surface area contributed by atoms with Crippen LogP contribution in [-0.4, -0.2) is 34.6 Å². The quantitative estimate of drug-likeness (QED) is 0.713. The molecule has 6 nitrogen and oxygen atoms in total. The van der Waals surface area contributed by atoms with Crippen molar-refractivity contribution in [1.82, 2.24) is 5.32 Å². The van der Waals surface area contributed by atoms with E-state index in [2.05, 4.69) is 5.32 Å². The van der Waals surface area contributed by atoms with E-state index in [4.69, 9.17) is 9.84 Å². The number of carbonyl (C=O) groups excluding carboxylic acids is 2. The second kappa shape index (κ2) is 6.22. The molecule has 0 radical (unpaired) electrons. The summed E-state index contributed by atoms with van der Waals surface area (Å²) in [7, 11) is 0. The van der Waals surface area contributed by atoms with Gasteiger partial charge in [-0.1, -0.05) is 0 Å². The summed E-state index contributed by atoms with van der Waals surface area (Å²) in [4.78, 5) is 32.7. The van der Waals surface area contributed by atoms with Crippen molar-refractivity contribution in [2.75, 3.05) is 0 Å². The normalized spacial score (nSPS) is 12.7. The highest BCUT2D eigenvalue weighted by Gasteiger charge is 2.19. The minimum absolute atomic E-state index is 0.0223. The molecule has 0 aliphatic heterocycles. The van der Waals surface area contributed by atoms with Crippen LogP contribution in [0.15, 0.2) is 0 Å². The van der Waals surface area contributed by atoms with Crippen molar-refractivity contribution < 1.29 is 24.2 Å². The number of Topliss-reactive ketones (excluding diaryl/α,β-unsaturated/α-hetero) is 1. The first kappa shape index (κ1) is 15.4. The van der Waals surface area contributed by atoms with E-state index >= 15 is 0 Å². The molecule has 6 heteroatoms. The number of carboxylic acids is 1. The molecule has 1 atom stereocenters. The SMILES string of the molecule is C[C@@H](CC(=O)CC(=O)O)NC(=O)OC(C)(C)C. The molecule has 98 valence electrons. The number of amides is 1. The molecule has 0 spiro atoms. The van der Waals surface area contributed by atoms with Crippen LogP contribution in [0.1, 0.15) is 40.5 Å². The monoisotopic (exact) mass is 245 g/mol. The Hall–Kier alpha value is -1.59. The summed E-state index contributed by atoms with van der Waals surface area (Å²) >= 11 is 0. The minimum atomic E-state index is -1.17. The standard InChI is InChI=1S/C11H19NO5/c1-7(5-8(13)6-9(14)15)12-10(16)17-11(2,3)4/h7H,5-6H2,1-4H3,(H,12,16)(H,14,15)/t7-/m0/s1. The van der Waals surface area contributed by atoms with Gasteiger partial charge in [0.15, 0.2) is 0 Å². The van der Waals surface area contributed by atoms with E-state index in [1.807, 2.05) is 0 Å². The highest BCUT2D eigenvalue weighted by Crippen LogP contribution is 2.07. The first-order chi connectivity index (χ1) is 7.60. The average Bonchev–Trinajstić information content (AvgIpc) is 1.95. The average molecular weight is 245 g/mol. The van der Waals surface area contributed by atoms with Gasteiger partial charge in [0, 0.05) is 12.5 Å². The second-order valence-electron chi connectivity index (χ2n) is 4.86. The zero-order valence-electron chi connectivity index (χ0n) is 10.6. The molecule has 2 N–H and O–H groups in total. The molecule has 0 aromatic carbocycles. The molecule has 17 heavy (non-hydrogen) atoms. The highest BCUT2D eigenvalue weighted by atomic mass is 16.6. The lowest BCUT2D eigenvalue weighted by Crippen LogP contribution is -2.38. The molecule has 0 saturated heterocycles. The Labute approximate surface area is 100 Å². The van der Waals surface area contributed by atoms with Crippen LogP contribution >= 0.6 is 0 Å². The summed E-state index contributed by atoms with van der Waals surface area (Å²) in [5.74, 6) is -1.60. The van der Waals surface area contributed by atoms with E-state index in [-0.39, 0.29) is 6.42 Å². The number of alkyl carbamates (subject to hydrolysis) is 1. The molecule has 0 aliphatic carbocycles. The fourth-order valence-corrected chi connectivity index (χ4v) is 1.14. The predicted molar refractivity (Wildman–Crippen MR) is 60.7 cm³/mol. The van der Waals surface area contributed by atoms with Gasteiger partial charge in [-0.15, -0.1) is 0 Å². The van der Waals surface area contributed by atoms with Crippen LogP contribution in [0.4, 0.5) is 4.79 Å². The summed E-state index contributed by atoms with van der Waals surface area (Å²) in [6.07, 6.45) is -1.17. The Balaban J connectivity index is 4.01. The molecule has 1 amide bonds. The van der Waals surface area contributed by atoms with Gasteiger partial charge in [0.05, 0.1) is 0 Å². The molecule has 0 fully saturated rings. The molecule has 0 heterocycles. The predicted octanol–water partition coefficient (Wildman–Crippen LogP) is 1.33. The number of aliphatic carboxylic acids is 1. The van der Waals surface area contributed by atoms with E-state index in [0.29, 0.717) is 0 Å². The largest absolute Gasteiger partial charge is 0.481 e. The zero-order valence-corrected chi connectivity index (χ0v) is 10.6. The van der Waals surface area contributed by atoms with Gasteiger partial charge in [-0.05, 0) is 27.7 Å². The van der Waals surface area contributed by atoms with Crippen LogP contribution in [0.5, 0.6) is 0 Å². The number of rotatable bonds is 5. The van der Waals surface area contributed by atoms with E-state index in [1.165, 1.54) is 0 Å². The molecular formula is C11H19NO5. The van der Waals surface area contributed by atoms with E-state index in [1.54, 1.807) is 27.7 Å². The fraction of sp³-hybridized carbons (Fsp3) is 0.727. The third kappa shape index (κ3) is 9.35. The Kier molecular flexibility index (Phi) is 5.64. The van der Waals surface area contributed by atoms with Crippen molar-refractivity contribution in [3.05, 3.63) is 0 Å². The Morgan fingerprint density at radius 1 is 1.29 bits per heavy atom.